The van der Waals surface area contributed by atoms with E-state index in [2.05, 4.69) is 11.2 Å². The van der Waals surface area contributed by atoms with Crippen LogP contribution in [0.5, 0.6) is 0 Å². The van der Waals surface area contributed by atoms with Crippen molar-refractivity contribution in [2.45, 2.75) is 18.9 Å². The van der Waals surface area contributed by atoms with Gasteiger partial charge in [0.15, 0.2) is 0 Å². The second kappa shape index (κ2) is 4.17. The van der Waals surface area contributed by atoms with Crippen molar-refractivity contribution in [2.75, 3.05) is 13.1 Å². The highest BCUT2D eigenvalue weighted by Crippen LogP contribution is 2.07. The van der Waals surface area contributed by atoms with Crippen LogP contribution in [0.4, 0.5) is 0 Å². The Morgan fingerprint density at radius 2 is 2.64 bits per heavy atom. The topological polar surface area (TPSA) is 32.3 Å². The van der Waals surface area contributed by atoms with Gasteiger partial charge in [0.1, 0.15) is 0 Å². The van der Waals surface area contributed by atoms with Crippen LogP contribution < -0.4 is 5.32 Å². The Hall–Kier alpha value is -0.780. The SMILES string of the molecule is C#CCCC1=CC(O)CNC1. The Bertz CT molecular complexity index is 190. The molecule has 11 heavy (non-hydrogen) atoms. The second-order valence-electron chi connectivity index (χ2n) is 2.73. The number of rotatable bonds is 2. The monoisotopic (exact) mass is 151 g/mol. The van der Waals surface area contributed by atoms with Gasteiger partial charge in [0.2, 0.25) is 0 Å². The highest BCUT2D eigenvalue weighted by Gasteiger charge is 2.08. The van der Waals surface area contributed by atoms with E-state index in [0.717, 1.165) is 19.4 Å². The maximum absolute atomic E-state index is 9.19. The molecule has 0 aromatic heterocycles. The molecule has 1 aliphatic rings. The fourth-order valence-electron chi connectivity index (χ4n) is 1.17. The number of aliphatic hydroxyl groups excluding tert-OH is 1. The van der Waals surface area contributed by atoms with Crippen molar-refractivity contribution in [3.05, 3.63) is 11.6 Å². The number of β-amino-alcohol motifs (C(OH)–C–C–N with tert-alkyl or cyclic N) is 1. The molecule has 1 heterocycles. The van der Waals surface area contributed by atoms with Gasteiger partial charge in [-0.2, -0.15) is 0 Å². The van der Waals surface area contributed by atoms with Crippen LogP contribution in [0.1, 0.15) is 12.8 Å². The zero-order chi connectivity index (χ0) is 8.10. The normalized spacial score (nSPS) is 24.0. The lowest BCUT2D eigenvalue weighted by atomic mass is 10.1. The van der Waals surface area contributed by atoms with Crippen LogP contribution in [0.25, 0.3) is 0 Å². The number of nitrogens with one attached hydrogen (secondary N) is 1. The maximum atomic E-state index is 9.19. The van der Waals surface area contributed by atoms with Crippen molar-refractivity contribution in [2.24, 2.45) is 0 Å². The summed E-state index contributed by atoms with van der Waals surface area (Å²) < 4.78 is 0. The Labute approximate surface area is 67.3 Å². The van der Waals surface area contributed by atoms with Gasteiger partial charge in [-0.15, -0.1) is 12.3 Å². The van der Waals surface area contributed by atoms with E-state index >= 15 is 0 Å². The van der Waals surface area contributed by atoms with E-state index in [4.69, 9.17) is 6.42 Å². The summed E-state index contributed by atoms with van der Waals surface area (Å²) >= 11 is 0. The van der Waals surface area contributed by atoms with E-state index in [0.29, 0.717) is 6.54 Å². The number of hydrogen-bond acceptors (Lipinski definition) is 2. The van der Waals surface area contributed by atoms with Gasteiger partial charge in [-0.1, -0.05) is 11.6 Å². The van der Waals surface area contributed by atoms with Gasteiger partial charge in [0, 0.05) is 19.5 Å². The van der Waals surface area contributed by atoms with Gasteiger partial charge >= 0.3 is 0 Å². The largest absolute Gasteiger partial charge is 0.388 e. The van der Waals surface area contributed by atoms with Crippen molar-refractivity contribution in [3.63, 3.8) is 0 Å². The first-order valence-corrected chi connectivity index (χ1v) is 3.84. The Morgan fingerprint density at radius 1 is 1.82 bits per heavy atom. The summed E-state index contributed by atoms with van der Waals surface area (Å²) in [5, 5.41) is 12.3. The number of hydrogen-bond donors (Lipinski definition) is 2. The molecule has 1 rings (SSSR count). The average molecular weight is 151 g/mol. The quantitative estimate of drug-likeness (QED) is 0.439. The molecule has 60 valence electrons. The second-order valence-corrected chi connectivity index (χ2v) is 2.73. The van der Waals surface area contributed by atoms with Crippen LogP contribution >= 0.6 is 0 Å². The molecule has 0 bridgehead atoms. The molecule has 0 aromatic carbocycles. The van der Waals surface area contributed by atoms with Crippen molar-refractivity contribution in [1.82, 2.24) is 5.32 Å². The van der Waals surface area contributed by atoms with Crippen LogP contribution in [0.3, 0.4) is 0 Å². The Morgan fingerprint density at radius 3 is 3.27 bits per heavy atom. The lowest BCUT2D eigenvalue weighted by molar-refractivity contribution is 0.212. The molecule has 0 saturated carbocycles. The fourth-order valence-corrected chi connectivity index (χ4v) is 1.17. The summed E-state index contributed by atoms with van der Waals surface area (Å²) in [6, 6.07) is 0. The molecule has 2 nitrogen and oxygen atoms in total. The van der Waals surface area contributed by atoms with Gasteiger partial charge in [-0.3, -0.25) is 0 Å². The van der Waals surface area contributed by atoms with Crippen LogP contribution in [0, 0.1) is 12.3 Å². The third-order valence-electron chi connectivity index (χ3n) is 1.72. The molecular weight excluding hydrogens is 138 g/mol. The number of aliphatic hydroxyl groups is 1. The highest BCUT2D eigenvalue weighted by atomic mass is 16.3. The molecular formula is C9H13NO. The van der Waals surface area contributed by atoms with Gasteiger partial charge in [-0.25, -0.2) is 0 Å². The van der Waals surface area contributed by atoms with E-state index < -0.39 is 0 Å². The molecule has 1 atom stereocenters. The summed E-state index contributed by atoms with van der Waals surface area (Å²) in [6.07, 6.45) is 8.36. The van der Waals surface area contributed by atoms with E-state index in [1.54, 1.807) is 0 Å². The van der Waals surface area contributed by atoms with Gasteiger partial charge < -0.3 is 10.4 Å². The molecule has 0 saturated heterocycles. The maximum Gasteiger partial charge on any atom is 0.0848 e. The summed E-state index contributed by atoms with van der Waals surface area (Å²) in [5.74, 6) is 2.58. The minimum Gasteiger partial charge on any atom is -0.388 e. The molecule has 0 spiro atoms. The molecule has 0 amide bonds. The molecule has 2 heteroatoms. The van der Waals surface area contributed by atoms with Crippen molar-refractivity contribution in [3.8, 4) is 12.3 Å². The lowest BCUT2D eigenvalue weighted by Crippen LogP contribution is -2.32. The molecule has 0 radical (unpaired) electrons. The van der Waals surface area contributed by atoms with E-state index in [1.807, 2.05) is 6.08 Å². The zero-order valence-electron chi connectivity index (χ0n) is 6.51. The summed E-state index contributed by atoms with van der Waals surface area (Å²) in [6.45, 7) is 1.54. The minimum atomic E-state index is -0.323. The first-order chi connectivity index (χ1) is 5.33. The smallest absolute Gasteiger partial charge is 0.0848 e. The van der Waals surface area contributed by atoms with E-state index in [9.17, 15) is 5.11 Å². The van der Waals surface area contributed by atoms with Crippen molar-refractivity contribution < 1.29 is 5.11 Å². The minimum absolute atomic E-state index is 0.323. The third kappa shape index (κ3) is 2.75. The summed E-state index contributed by atoms with van der Waals surface area (Å²) in [4.78, 5) is 0. The van der Waals surface area contributed by atoms with Gasteiger partial charge in [-0.05, 0) is 6.42 Å². The van der Waals surface area contributed by atoms with Crippen molar-refractivity contribution >= 4 is 0 Å². The van der Waals surface area contributed by atoms with Crippen molar-refractivity contribution in [1.29, 1.82) is 0 Å². The van der Waals surface area contributed by atoms with Crippen LogP contribution in [-0.2, 0) is 0 Å². The predicted octanol–water partition coefficient (Wildman–Crippen LogP) is 0.290. The van der Waals surface area contributed by atoms with Crippen LogP contribution in [0.15, 0.2) is 11.6 Å². The standard InChI is InChI=1S/C9H13NO/c1-2-3-4-8-5-9(11)7-10-6-8/h1,5,9-11H,3-4,6-7H2. The molecule has 0 aliphatic carbocycles. The molecule has 0 fully saturated rings. The van der Waals surface area contributed by atoms with Gasteiger partial charge in [0.25, 0.3) is 0 Å². The van der Waals surface area contributed by atoms with E-state index in [-0.39, 0.29) is 6.10 Å². The molecule has 1 unspecified atom stereocenters. The fraction of sp³-hybridized carbons (Fsp3) is 0.556. The lowest BCUT2D eigenvalue weighted by Gasteiger charge is -2.17. The Balaban J connectivity index is 2.38. The summed E-state index contributed by atoms with van der Waals surface area (Å²) in [5.41, 5.74) is 1.22. The predicted molar refractivity (Wildman–Crippen MR) is 45.0 cm³/mol. The highest BCUT2D eigenvalue weighted by molar-refractivity contribution is 5.12. The molecule has 1 aliphatic heterocycles. The van der Waals surface area contributed by atoms with Crippen LogP contribution in [-0.4, -0.2) is 24.3 Å². The first kappa shape index (κ1) is 8.32. The van der Waals surface area contributed by atoms with Crippen LogP contribution in [0.2, 0.25) is 0 Å². The first-order valence-electron chi connectivity index (χ1n) is 3.84. The summed E-state index contributed by atoms with van der Waals surface area (Å²) in [7, 11) is 0. The zero-order valence-corrected chi connectivity index (χ0v) is 6.51. The molecule has 0 aromatic rings. The third-order valence-corrected chi connectivity index (χ3v) is 1.72. The van der Waals surface area contributed by atoms with E-state index in [1.165, 1.54) is 5.57 Å². The average Bonchev–Trinajstić information content (AvgIpc) is 2.01. The van der Waals surface area contributed by atoms with Gasteiger partial charge in [0.05, 0.1) is 6.10 Å². The Kier molecular flexibility index (Phi) is 3.15. The number of terminal acetylenes is 1. The molecule has 2 N–H and O–H groups in total.